The zero-order valence-electron chi connectivity index (χ0n) is 11.0. The van der Waals surface area contributed by atoms with Crippen LogP contribution < -0.4 is 5.32 Å². The quantitative estimate of drug-likeness (QED) is 0.762. The molecule has 1 amide bonds. The molecule has 0 aromatic heterocycles. The predicted octanol–water partition coefficient (Wildman–Crippen LogP) is 4.30. The van der Waals surface area contributed by atoms with E-state index in [1.807, 2.05) is 25.1 Å². The highest BCUT2D eigenvalue weighted by atomic mass is 79.9. The minimum Gasteiger partial charge on any atom is -0.351 e. The van der Waals surface area contributed by atoms with Crippen molar-refractivity contribution in [1.82, 2.24) is 5.32 Å². The van der Waals surface area contributed by atoms with Gasteiger partial charge in [0.2, 0.25) is 0 Å². The molecule has 0 unspecified atom stereocenters. The van der Waals surface area contributed by atoms with E-state index in [2.05, 4.69) is 51.0 Å². The fourth-order valence-electron chi connectivity index (χ4n) is 1.61. The molecule has 1 aromatic rings. The van der Waals surface area contributed by atoms with Crippen LogP contribution in [0, 0.1) is 12.3 Å². The maximum absolute atomic E-state index is 12.1. The molecular formula is C14H19Br2NO. The van der Waals surface area contributed by atoms with Crippen LogP contribution in [-0.4, -0.2) is 17.8 Å². The summed E-state index contributed by atoms with van der Waals surface area (Å²) in [6.07, 6.45) is 1.03. The Bertz CT molecular complexity index is 430. The van der Waals surface area contributed by atoms with Crippen LogP contribution in [0.2, 0.25) is 0 Å². The largest absolute Gasteiger partial charge is 0.351 e. The number of amides is 1. The Morgan fingerprint density at radius 3 is 2.67 bits per heavy atom. The van der Waals surface area contributed by atoms with Gasteiger partial charge in [-0.25, -0.2) is 0 Å². The van der Waals surface area contributed by atoms with E-state index in [9.17, 15) is 4.79 Å². The van der Waals surface area contributed by atoms with Crippen LogP contribution in [0.1, 0.15) is 36.2 Å². The number of carbonyl (C=O) groups excluding carboxylic acids is 1. The molecule has 1 rings (SSSR count). The molecule has 0 heterocycles. The Balaban J connectivity index is 2.69. The van der Waals surface area contributed by atoms with Gasteiger partial charge in [-0.2, -0.15) is 0 Å². The van der Waals surface area contributed by atoms with Gasteiger partial charge in [0.05, 0.1) is 0 Å². The van der Waals surface area contributed by atoms with Gasteiger partial charge in [-0.15, -0.1) is 0 Å². The molecule has 100 valence electrons. The van der Waals surface area contributed by atoms with Crippen molar-refractivity contribution in [3.05, 3.63) is 33.8 Å². The Hall–Kier alpha value is -0.350. The molecule has 18 heavy (non-hydrogen) atoms. The van der Waals surface area contributed by atoms with Crippen molar-refractivity contribution in [1.29, 1.82) is 0 Å². The summed E-state index contributed by atoms with van der Waals surface area (Å²) in [6.45, 7) is 6.94. The second kappa shape index (κ2) is 6.71. The standard InChI is InChI=1S/C14H19Br2NO/c1-10-11(5-4-6-12(10)16)13(18)17-9-14(2,3)7-8-15/h4-6H,7-9H2,1-3H3,(H,17,18). The summed E-state index contributed by atoms with van der Waals surface area (Å²) in [7, 11) is 0. The number of halogens is 2. The maximum Gasteiger partial charge on any atom is 0.251 e. The first kappa shape index (κ1) is 15.7. The minimum atomic E-state index is -0.00329. The second-order valence-corrected chi connectivity index (χ2v) is 6.85. The molecule has 0 saturated carbocycles. The van der Waals surface area contributed by atoms with Gasteiger partial charge < -0.3 is 5.32 Å². The van der Waals surface area contributed by atoms with Gasteiger partial charge in [-0.05, 0) is 36.5 Å². The molecule has 0 atom stereocenters. The van der Waals surface area contributed by atoms with Gasteiger partial charge in [0.1, 0.15) is 0 Å². The minimum absolute atomic E-state index is 0.00329. The van der Waals surface area contributed by atoms with Gasteiger partial charge in [0.25, 0.3) is 5.91 Å². The van der Waals surface area contributed by atoms with Crippen LogP contribution in [-0.2, 0) is 0 Å². The molecule has 0 radical (unpaired) electrons. The lowest BCUT2D eigenvalue weighted by Crippen LogP contribution is -2.34. The number of nitrogens with one attached hydrogen (secondary N) is 1. The second-order valence-electron chi connectivity index (χ2n) is 5.20. The average Bonchev–Trinajstić information content (AvgIpc) is 2.30. The molecule has 0 fully saturated rings. The van der Waals surface area contributed by atoms with Crippen molar-refractivity contribution in [3.63, 3.8) is 0 Å². The molecule has 1 aromatic carbocycles. The Kier molecular flexibility index (Phi) is 5.86. The lowest BCUT2D eigenvalue weighted by Gasteiger charge is -2.24. The van der Waals surface area contributed by atoms with Crippen molar-refractivity contribution in [2.45, 2.75) is 27.2 Å². The maximum atomic E-state index is 12.1. The summed E-state index contributed by atoms with van der Waals surface area (Å²) < 4.78 is 0.967. The Morgan fingerprint density at radius 2 is 2.06 bits per heavy atom. The normalized spacial score (nSPS) is 11.4. The van der Waals surface area contributed by atoms with Crippen LogP contribution in [0.5, 0.6) is 0 Å². The van der Waals surface area contributed by atoms with E-state index < -0.39 is 0 Å². The Morgan fingerprint density at radius 1 is 1.39 bits per heavy atom. The highest BCUT2D eigenvalue weighted by Crippen LogP contribution is 2.22. The van der Waals surface area contributed by atoms with E-state index >= 15 is 0 Å². The number of hydrogen-bond acceptors (Lipinski definition) is 1. The van der Waals surface area contributed by atoms with E-state index in [0.29, 0.717) is 6.54 Å². The summed E-state index contributed by atoms with van der Waals surface area (Å²) >= 11 is 6.88. The first-order chi connectivity index (χ1) is 8.37. The zero-order valence-corrected chi connectivity index (χ0v) is 14.2. The first-order valence-corrected chi connectivity index (χ1v) is 7.88. The molecule has 0 aliphatic heterocycles. The van der Waals surface area contributed by atoms with Crippen molar-refractivity contribution in [3.8, 4) is 0 Å². The van der Waals surface area contributed by atoms with E-state index in [-0.39, 0.29) is 11.3 Å². The van der Waals surface area contributed by atoms with E-state index in [0.717, 1.165) is 27.4 Å². The van der Waals surface area contributed by atoms with Gasteiger partial charge >= 0.3 is 0 Å². The van der Waals surface area contributed by atoms with Crippen molar-refractivity contribution >= 4 is 37.8 Å². The molecule has 0 spiro atoms. The monoisotopic (exact) mass is 375 g/mol. The molecular weight excluding hydrogens is 358 g/mol. The zero-order chi connectivity index (χ0) is 13.8. The van der Waals surface area contributed by atoms with Crippen molar-refractivity contribution < 1.29 is 4.79 Å². The summed E-state index contributed by atoms with van der Waals surface area (Å²) in [5, 5.41) is 3.96. The van der Waals surface area contributed by atoms with Gasteiger partial charge in [0, 0.05) is 21.9 Å². The van der Waals surface area contributed by atoms with Crippen molar-refractivity contribution in [2.75, 3.05) is 11.9 Å². The van der Waals surface area contributed by atoms with E-state index in [4.69, 9.17) is 0 Å². The van der Waals surface area contributed by atoms with Crippen LogP contribution in [0.3, 0.4) is 0 Å². The molecule has 4 heteroatoms. The lowest BCUT2D eigenvalue weighted by atomic mass is 9.90. The number of hydrogen-bond donors (Lipinski definition) is 1. The fourth-order valence-corrected chi connectivity index (χ4v) is 3.05. The van der Waals surface area contributed by atoms with Gasteiger partial charge in [-0.1, -0.05) is 51.8 Å². The summed E-state index contributed by atoms with van der Waals surface area (Å²) in [4.78, 5) is 12.1. The number of rotatable bonds is 5. The number of carbonyl (C=O) groups is 1. The molecule has 2 nitrogen and oxygen atoms in total. The molecule has 0 saturated heterocycles. The highest BCUT2D eigenvalue weighted by Gasteiger charge is 2.19. The van der Waals surface area contributed by atoms with Crippen LogP contribution in [0.4, 0.5) is 0 Å². The van der Waals surface area contributed by atoms with E-state index in [1.54, 1.807) is 0 Å². The summed E-state index contributed by atoms with van der Waals surface area (Å²) in [6, 6.07) is 5.68. The summed E-state index contributed by atoms with van der Waals surface area (Å²) in [5.41, 5.74) is 1.83. The van der Waals surface area contributed by atoms with Crippen molar-refractivity contribution in [2.24, 2.45) is 5.41 Å². The Labute approximate surface area is 126 Å². The first-order valence-electron chi connectivity index (χ1n) is 5.97. The number of benzene rings is 1. The molecule has 0 bridgehead atoms. The van der Waals surface area contributed by atoms with Crippen LogP contribution >= 0.6 is 31.9 Å². The fraction of sp³-hybridized carbons (Fsp3) is 0.500. The third-order valence-corrected chi connectivity index (χ3v) is 4.27. The molecule has 0 aliphatic carbocycles. The predicted molar refractivity (Wildman–Crippen MR) is 83.4 cm³/mol. The highest BCUT2D eigenvalue weighted by molar-refractivity contribution is 9.10. The number of alkyl halides is 1. The average molecular weight is 377 g/mol. The SMILES string of the molecule is Cc1c(Br)cccc1C(=O)NCC(C)(C)CCBr. The smallest absolute Gasteiger partial charge is 0.251 e. The molecule has 1 N–H and O–H groups in total. The van der Waals surface area contributed by atoms with Gasteiger partial charge in [0.15, 0.2) is 0 Å². The van der Waals surface area contributed by atoms with Gasteiger partial charge in [-0.3, -0.25) is 4.79 Å². The van der Waals surface area contributed by atoms with Crippen LogP contribution in [0.25, 0.3) is 0 Å². The summed E-state index contributed by atoms with van der Waals surface area (Å²) in [5.74, 6) is -0.00329. The lowest BCUT2D eigenvalue weighted by molar-refractivity contribution is 0.0935. The van der Waals surface area contributed by atoms with Crippen LogP contribution in [0.15, 0.2) is 22.7 Å². The van der Waals surface area contributed by atoms with E-state index in [1.165, 1.54) is 0 Å². The third kappa shape index (κ3) is 4.39. The topological polar surface area (TPSA) is 29.1 Å². The third-order valence-electron chi connectivity index (χ3n) is 3.01. The molecule has 0 aliphatic rings.